The summed E-state index contributed by atoms with van der Waals surface area (Å²) in [5.41, 5.74) is -0.0256. The summed E-state index contributed by atoms with van der Waals surface area (Å²) in [4.78, 5) is 10.5. The number of carbonyl (C=O) groups is 1. The number of aliphatic carboxylic acids is 1. The smallest absolute Gasteiger partial charge is 0.329 e. The summed E-state index contributed by atoms with van der Waals surface area (Å²) in [5, 5.41) is 8.56. The summed E-state index contributed by atoms with van der Waals surface area (Å²) in [6.07, 6.45) is 0. The van der Waals surface area contributed by atoms with E-state index in [9.17, 15) is 13.2 Å². The van der Waals surface area contributed by atoms with E-state index in [1.807, 2.05) is 0 Å². The molecule has 1 aliphatic rings. The van der Waals surface area contributed by atoms with Gasteiger partial charge < -0.3 is 9.84 Å². The van der Waals surface area contributed by atoms with Gasteiger partial charge in [0.05, 0.1) is 9.94 Å². The summed E-state index contributed by atoms with van der Waals surface area (Å²) in [6, 6.07) is 1.54. The number of rotatable bonds is 5. The first-order valence-electron chi connectivity index (χ1n) is 5.76. The van der Waals surface area contributed by atoms with Crippen molar-refractivity contribution in [3.63, 3.8) is 0 Å². The predicted octanol–water partition coefficient (Wildman–Crippen LogP) is 1.57. The summed E-state index contributed by atoms with van der Waals surface area (Å²) in [7, 11) is -3.57. The Morgan fingerprint density at radius 3 is 2.65 bits per heavy atom. The van der Waals surface area contributed by atoms with Gasteiger partial charge in [-0.3, -0.25) is 0 Å². The van der Waals surface area contributed by atoms with Crippen molar-refractivity contribution in [2.24, 2.45) is 0 Å². The van der Waals surface area contributed by atoms with Crippen molar-refractivity contribution in [1.29, 1.82) is 0 Å². The molecule has 1 aromatic heterocycles. The lowest BCUT2D eigenvalue weighted by molar-refractivity contribution is -0.157. The van der Waals surface area contributed by atoms with Crippen molar-refractivity contribution in [2.45, 2.75) is 23.7 Å². The third-order valence-corrected chi connectivity index (χ3v) is 6.79. The molecule has 0 atom stereocenters. The Kier molecular flexibility index (Phi) is 4.14. The van der Waals surface area contributed by atoms with Gasteiger partial charge in [0, 0.05) is 13.1 Å². The number of hydrogen-bond acceptors (Lipinski definition) is 5. The van der Waals surface area contributed by atoms with Crippen LogP contribution < -0.4 is 0 Å². The lowest BCUT2D eigenvalue weighted by atomic mass is 10.0. The number of thiophene rings is 1. The molecule has 0 saturated carbocycles. The zero-order chi connectivity index (χ0) is 15.1. The maximum atomic E-state index is 12.3. The lowest BCUT2D eigenvalue weighted by Gasteiger charge is -2.45. The van der Waals surface area contributed by atoms with E-state index in [0.717, 1.165) is 16.9 Å². The van der Waals surface area contributed by atoms with Crippen LogP contribution in [-0.4, -0.2) is 49.1 Å². The average Bonchev–Trinajstić information content (AvgIpc) is 2.64. The Bertz CT molecular complexity index is 614. The number of aryl methyl sites for hydroxylation is 1. The van der Waals surface area contributed by atoms with Crippen molar-refractivity contribution >= 4 is 38.9 Å². The third kappa shape index (κ3) is 2.99. The van der Waals surface area contributed by atoms with Crippen LogP contribution in [0.5, 0.6) is 0 Å². The minimum Gasteiger partial charge on any atom is -0.480 e. The highest BCUT2D eigenvalue weighted by Crippen LogP contribution is 2.36. The van der Waals surface area contributed by atoms with Gasteiger partial charge in [-0.25, -0.2) is 13.2 Å². The molecule has 2 rings (SSSR count). The number of carboxylic acids is 1. The van der Waals surface area contributed by atoms with Crippen molar-refractivity contribution < 1.29 is 23.1 Å². The highest BCUT2D eigenvalue weighted by molar-refractivity contribution is 7.91. The van der Waals surface area contributed by atoms with E-state index in [-0.39, 0.29) is 17.3 Å². The van der Waals surface area contributed by atoms with Crippen LogP contribution in [0.1, 0.15) is 12.5 Å². The molecule has 1 aliphatic heterocycles. The number of nitrogens with zero attached hydrogens (tertiary/aromatic N) is 1. The summed E-state index contributed by atoms with van der Waals surface area (Å²) >= 11 is 6.91. The third-order valence-electron chi connectivity index (χ3n) is 2.99. The van der Waals surface area contributed by atoms with Crippen LogP contribution in [0.4, 0.5) is 0 Å². The molecular formula is C11H14ClNO5S2. The van der Waals surface area contributed by atoms with E-state index >= 15 is 0 Å². The average molecular weight is 340 g/mol. The molecule has 0 unspecified atom stereocenters. The molecule has 0 radical (unpaired) electrons. The Morgan fingerprint density at radius 2 is 2.20 bits per heavy atom. The molecule has 6 nitrogen and oxygen atoms in total. The first-order chi connectivity index (χ1) is 9.14. The van der Waals surface area contributed by atoms with Gasteiger partial charge in [-0.05, 0) is 25.5 Å². The molecule has 1 aromatic rings. The first kappa shape index (κ1) is 15.7. The molecule has 0 bridgehead atoms. The molecule has 9 heteroatoms. The summed E-state index contributed by atoms with van der Waals surface area (Å²) < 4.78 is 31.7. The van der Waals surface area contributed by atoms with E-state index in [1.165, 1.54) is 10.4 Å². The molecule has 1 fully saturated rings. The van der Waals surface area contributed by atoms with E-state index in [0.29, 0.717) is 4.34 Å². The van der Waals surface area contributed by atoms with Crippen molar-refractivity contribution in [3.8, 4) is 0 Å². The van der Waals surface area contributed by atoms with Gasteiger partial charge in [0.15, 0.2) is 0 Å². The molecule has 112 valence electrons. The molecule has 1 saturated heterocycles. The van der Waals surface area contributed by atoms with E-state index in [1.54, 1.807) is 13.8 Å². The van der Waals surface area contributed by atoms with Gasteiger partial charge in [-0.15, -0.1) is 11.3 Å². The number of ether oxygens (including phenoxy) is 1. The Hall–Kier alpha value is -0.670. The SMILES string of the molecule is Cc1cc(S(=O)(=O)N2CC(C)(OCC(=O)O)C2)sc1Cl. The van der Waals surface area contributed by atoms with Crippen molar-refractivity contribution in [1.82, 2.24) is 4.31 Å². The zero-order valence-electron chi connectivity index (χ0n) is 10.9. The monoisotopic (exact) mass is 339 g/mol. The van der Waals surface area contributed by atoms with Crippen molar-refractivity contribution in [2.75, 3.05) is 19.7 Å². The molecular weight excluding hydrogens is 326 g/mol. The molecule has 0 spiro atoms. The number of halogens is 1. The van der Waals surface area contributed by atoms with Gasteiger partial charge in [0.1, 0.15) is 10.8 Å². The van der Waals surface area contributed by atoms with Gasteiger partial charge in [0.2, 0.25) is 0 Å². The van der Waals surface area contributed by atoms with Crippen LogP contribution in [0.3, 0.4) is 0 Å². The fourth-order valence-electron chi connectivity index (χ4n) is 1.88. The van der Waals surface area contributed by atoms with Crippen LogP contribution in [0.25, 0.3) is 0 Å². The minimum atomic E-state index is -3.57. The number of hydrogen-bond donors (Lipinski definition) is 1. The molecule has 0 aliphatic carbocycles. The van der Waals surface area contributed by atoms with E-state index < -0.39 is 28.2 Å². The predicted molar refractivity (Wildman–Crippen MR) is 74.8 cm³/mol. The fraction of sp³-hybridized carbons (Fsp3) is 0.545. The van der Waals surface area contributed by atoms with Crippen LogP contribution in [0.2, 0.25) is 4.34 Å². The minimum absolute atomic E-state index is 0.136. The van der Waals surface area contributed by atoms with Crippen LogP contribution >= 0.6 is 22.9 Å². The first-order valence-corrected chi connectivity index (χ1v) is 8.39. The molecule has 2 heterocycles. The second kappa shape index (κ2) is 5.27. The summed E-state index contributed by atoms with van der Waals surface area (Å²) in [5.74, 6) is -1.08. The molecule has 0 aromatic carbocycles. The quantitative estimate of drug-likeness (QED) is 0.880. The normalized spacial score (nSPS) is 18.8. The Balaban J connectivity index is 2.06. The Morgan fingerprint density at radius 1 is 1.60 bits per heavy atom. The van der Waals surface area contributed by atoms with Gasteiger partial charge in [-0.1, -0.05) is 11.6 Å². The molecule has 20 heavy (non-hydrogen) atoms. The summed E-state index contributed by atoms with van der Waals surface area (Å²) in [6.45, 7) is 3.27. The second-order valence-corrected chi connectivity index (χ2v) is 8.75. The molecule has 0 amide bonds. The lowest BCUT2D eigenvalue weighted by Crippen LogP contribution is -2.63. The topological polar surface area (TPSA) is 83.9 Å². The maximum Gasteiger partial charge on any atom is 0.329 e. The van der Waals surface area contributed by atoms with Gasteiger partial charge in [0.25, 0.3) is 10.0 Å². The standard InChI is InChI=1S/C11H14ClNO5S2/c1-7-3-9(19-10(7)12)20(16,17)13-5-11(2,6-13)18-4-8(14)15/h3H,4-6H2,1-2H3,(H,14,15). The number of carboxylic acid groups (broad SMARTS) is 1. The van der Waals surface area contributed by atoms with Gasteiger partial charge >= 0.3 is 5.97 Å². The zero-order valence-corrected chi connectivity index (χ0v) is 13.3. The van der Waals surface area contributed by atoms with Gasteiger partial charge in [-0.2, -0.15) is 4.31 Å². The molecule has 1 N–H and O–H groups in total. The van der Waals surface area contributed by atoms with Crippen LogP contribution in [0.15, 0.2) is 10.3 Å². The highest BCUT2D eigenvalue weighted by atomic mass is 35.5. The van der Waals surface area contributed by atoms with E-state index in [2.05, 4.69) is 0 Å². The van der Waals surface area contributed by atoms with Crippen LogP contribution in [0, 0.1) is 6.92 Å². The van der Waals surface area contributed by atoms with E-state index in [4.69, 9.17) is 21.4 Å². The van der Waals surface area contributed by atoms with Crippen LogP contribution in [-0.2, 0) is 19.6 Å². The largest absolute Gasteiger partial charge is 0.480 e. The maximum absolute atomic E-state index is 12.3. The fourth-order valence-corrected chi connectivity index (χ4v) is 5.41. The highest BCUT2D eigenvalue weighted by Gasteiger charge is 2.47. The van der Waals surface area contributed by atoms with Crippen molar-refractivity contribution in [3.05, 3.63) is 16.0 Å². The number of sulfonamides is 1. The Labute approximate surface area is 126 Å². The second-order valence-electron chi connectivity index (χ2n) is 4.93.